The Balaban J connectivity index is 2.18. The molecule has 0 aromatic heterocycles. The Morgan fingerprint density at radius 2 is 1.80 bits per heavy atom. The van der Waals surface area contributed by atoms with Crippen molar-refractivity contribution >= 4 is 5.97 Å². The van der Waals surface area contributed by atoms with Gasteiger partial charge in [0, 0.05) is 6.08 Å². The van der Waals surface area contributed by atoms with Gasteiger partial charge in [-0.2, -0.15) is 0 Å². The highest BCUT2D eigenvalue weighted by Crippen LogP contribution is 2.42. The fraction of sp³-hybridized carbons (Fsp3) is 0.346. The molecule has 30 heavy (non-hydrogen) atoms. The molecule has 2 N–H and O–H groups in total. The number of aromatic hydroxyl groups is 1. The van der Waals surface area contributed by atoms with Gasteiger partial charge >= 0.3 is 5.97 Å². The molecule has 160 valence electrons. The van der Waals surface area contributed by atoms with E-state index in [2.05, 4.69) is 32.9 Å². The molecule has 4 heteroatoms. The number of allylic oxidation sites excluding steroid dienone is 8. The van der Waals surface area contributed by atoms with Gasteiger partial charge < -0.3 is 14.9 Å². The maximum absolute atomic E-state index is 10.7. The number of benzene rings is 1. The first kappa shape index (κ1) is 23.3. The highest BCUT2D eigenvalue weighted by Gasteiger charge is 2.32. The third-order valence-electron chi connectivity index (χ3n) is 5.37. The molecule has 0 amide bonds. The molecule has 1 atom stereocenters. The summed E-state index contributed by atoms with van der Waals surface area (Å²) in [7, 11) is 0. The zero-order chi connectivity index (χ0) is 22.3. The molecule has 2 rings (SSSR count). The van der Waals surface area contributed by atoms with Crippen LogP contribution in [-0.4, -0.2) is 22.3 Å². The summed E-state index contributed by atoms with van der Waals surface area (Å²) in [4.78, 5) is 10.7. The number of rotatable bonds is 7. The van der Waals surface area contributed by atoms with Crippen LogP contribution in [0.1, 0.15) is 47.5 Å². The Bertz CT molecular complexity index is 909. The van der Waals surface area contributed by atoms with E-state index in [9.17, 15) is 9.90 Å². The van der Waals surface area contributed by atoms with Crippen molar-refractivity contribution in [1.29, 1.82) is 0 Å². The van der Waals surface area contributed by atoms with Gasteiger partial charge in [0.1, 0.15) is 17.6 Å². The standard InChI is InChI=1S/C26H32O4/c1-18(7-6-8-19(2)17-25(28)29)9-14-23-20(3)24(15-16-26(23,4)5)30-22-12-10-21(27)11-13-22/h6-14,17,24,27H,15-16H2,1-5H3,(H,28,29)/b8-6+,14-9+,18-7+,19-17+. The molecule has 0 saturated heterocycles. The molecule has 1 aliphatic carbocycles. The number of hydrogen-bond donors (Lipinski definition) is 2. The molecule has 0 aliphatic heterocycles. The lowest BCUT2D eigenvalue weighted by Gasteiger charge is -2.37. The minimum Gasteiger partial charge on any atom is -0.508 e. The zero-order valence-electron chi connectivity index (χ0n) is 18.5. The van der Waals surface area contributed by atoms with Crippen LogP contribution in [-0.2, 0) is 4.79 Å². The van der Waals surface area contributed by atoms with Crippen LogP contribution in [0.2, 0.25) is 0 Å². The van der Waals surface area contributed by atoms with E-state index in [-0.39, 0.29) is 17.3 Å². The third-order valence-corrected chi connectivity index (χ3v) is 5.37. The fourth-order valence-electron chi connectivity index (χ4n) is 3.61. The van der Waals surface area contributed by atoms with Crippen molar-refractivity contribution in [3.8, 4) is 11.5 Å². The molecule has 1 aromatic rings. The Kier molecular flexibility index (Phi) is 7.87. The maximum atomic E-state index is 10.7. The molecule has 1 aromatic carbocycles. The number of carboxylic acids is 1. The maximum Gasteiger partial charge on any atom is 0.328 e. The van der Waals surface area contributed by atoms with Crippen molar-refractivity contribution in [3.05, 3.63) is 83.0 Å². The largest absolute Gasteiger partial charge is 0.508 e. The molecule has 0 heterocycles. The van der Waals surface area contributed by atoms with E-state index >= 15 is 0 Å². The summed E-state index contributed by atoms with van der Waals surface area (Å²) >= 11 is 0. The minimum atomic E-state index is -0.941. The van der Waals surface area contributed by atoms with Gasteiger partial charge in [-0.15, -0.1) is 0 Å². The average Bonchev–Trinajstić information content (AvgIpc) is 2.65. The first-order valence-electron chi connectivity index (χ1n) is 10.2. The topological polar surface area (TPSA) is 66.8 Å². The van der Waals surface area contributed by atoms with E-state index in [1.165, 1.54) is 17.2 Å². The minimum absolute atomic E-state index is 0.00945. The lowest BCUT2D eigenvalue weighted by Crippen LogP contribution is -2.30. The van der Waals surface area contributed by atoms with E-state index in [1.54, 1.807) is 37.3 Å². The summed E-state index contributed by atoms with van der Waals surface area (Å²) in [5.41, 5.74) is 4.32. The number of carboxylic acid groups (broad SMARTS) is 1. The highest BCUT2D eigenvalue weighted by molar-refractivity contribution is 5.81. The quantitative estimate of drug-likeness (QED) is 0.407. The summed E-state index contributed by atoms with van der Waals surface area (Å²) in [6, 6.07) is 6.85. The van der Waals surface area contributed by atoms with Crippen LogP contribution < -0.4 is 4.74 Å². The lowest BCUT2D eigenvalue weighted by atomic mass is 9.71. The average molecular weight is 409 g/mol. The second-order valence-electron chi connectivity index (χ2n) is 8.45. The number of hydrogen-bond acceptors (Lipinski definition) is 3. The molecular weight excluding hydrogens is 376 g/mol. The normalized spacial score (nSPS) is 20.2. The van der Waals surface area contributed by atoms with Gasteiger partial charge in [0.2, 0.25) is 0 Å². The Morgan fingerprint density at radius 3 is 2.43 bits per heavy atom. The predicted molar refractivity (Wildman–Crippen MR) is 122 cm³/mol. The highest BCUT2D eigenvalue weighted by atomic mass is 16.5. The Morgan fingerprint density at radius 1 is 1.13 bits per heavy atom. The van der Waals surface area contributed by atoms with Crippen LogP contribution in [0, 0.1) is 5.41 Å². The molecule has 0 fully saturated rings. The van der Waals surface area contributed by atoms with E-state index in [1.807, 2.05) is 19.1 Å². The summed E-state index contributed by atoms with van der Waals surface area (Å²) in [6.07, 6.45) is 13.0. The van der Waals surface area contributed by atoms with Gasteiger partial charge in [0.25, 0.3) is 0 Å². The van der Waals surface area contributed by atoms with Crippen LogP contribution in [0.15, 0.2) is 83.0 Å². The monoisotopic (exact) mass is 408 g/mol. The number of phenolic OH excluding ortho intramolecular Hbond substituents is 1. The molecule has 1 unspecified atom stereocenters. The predicted octanol–water partition coefficient (Wildman–Crippen LogP) is 6.37. The molecule has 4 nitrogen and oxygen atoms in total. The van der Waals surface area contributed by atoms with Crippen LogP contribution >= 0.6 is 0 Å². The number of ether oxygens (including phenoxy) is 1. The first-order chi connectivity index (χ1) is 14.1. The van der Waals surface area contributed by atoms with Gasteiger partial charge in [-0.05, 0) is 80.0 Å². The van der Waals surface area contributed by atoms with E-state index in [4.69, 9.17) is 9.84 Å². The molecule has 0 radical (unpaired) electrons. The van der Waals surface area contributed by atoms with Crippen molar-refractivity contribution in [2.24, 2.45) is 5.41 Å². The second kappa shape index (κ2) is 10.1. The van der Waals surface area contributed by atoms with Gasteiger partial charge in [-0.1, -0.05) is 49.8 Å². The molecule has 0 bridgehead atoms. The summed E-state index contributed by atoms with van der Waals surface area (Å²) < 4.78 is 6.19. The summed E-state index contributed by atoms with van der Waals surface area (Å²) in [6.45, 7) is 10.4. The van der Waals surface area contributed by atoms with Crippen LogP contribution in [0.4, 0.5) is 0 Å². The van der Waals surface area contributed by atoms with Crippen molar-refractivity contribution in [2.75, 3.05) is 0 Å². The Labute approximate surface area is 179 Å². The van der Waals surface area contributed by atoms with Crippen LogP contribution in [0.5, 0.6) is 11.5 Å². The van der Waals surface area contributed by atoms with Crippen molar-refractivity contribution in [2.45, 2.75) is 53.6 Å². The van der Waals surface area contributed by atoms with Crippen LogP contribution in [0.25, 0.3) is 0 Å². The van der Waals surface area contributed by atoms with Gasteiger partial charge in [-0.25, -0.2) is 4.79 Å². The first-order valence-corrected chi connectivity index (χ1v) is 10.2. The van der Waals surface area contributed by atoms with E-state index in [0.29, 0.717) is 5.57 Å². The molecule has 1 aliphatic rings. The van der Waals surface area contributed by atoms with Crippen molar-refractivity contribution < 1.29 is 19.7 Å². The van der Waals surface area contributed by atoms with E-state index < -0.39 is 5.97 Å². The van der Waals surface area contributed by atoms with Gasteiger partial charge in [0.15, 0.2) is 0 Å². The lowest BCUT2D eigenvalue weighted by molar-refractivity contribution is -0.131. The number of phenols is 1. The fourth-order valence-corrected chi connectivity index (χ4v) is 3.61. The number of carbonyl (C=O) groups is 1. The summed E-state index contributed by atoms with van der Waals surface area (Å²) in [5, 5.41) is 18.2. The SMILES string of the molecule is CC1=C(/C=C/C(C)=C/C=C/C(C)=C/C(=O)O)C(C)(C)CCC1Oc1ccc(O)cc1. The number of aliphatic carboxylic acids is 1. The van der Waals surface area contributed by atoms with Crippen molar-refractivity contribution in [3.63, 3.8) is 0 Å². The molecular formula is C26H32O4. The van der Waals surface area contributed by atoms with Crippen molar-refractivity contribution in [1.82, 2.24) is 0 Å². The third kappa shape index (κ3) is 6.80. The Hall–Kier alpha value is -3.01. The van der Waals surface area contributed by atoms with Crippen LogP contribution in [0.3, 0.4) is 0 Å². The van der Waals surface area contributed by atoms with E-state index in [0.717, 1.165) is 24.2 Å². The van der Waals surface area contributed by atoms with Gasteiger partial charge in [-0.3, -0.25) is 0 Å². The smallest absolute Gasteiger partial charge is 0.328 e. The molecule has 0 saturated carbocycles. The van der Waals surface area contributed by atoms with Gasteiger partial charge in [0.05, 0.1) is 0 Å². The second-order valence-corrected chi connectivity index (χ2v) is 8.45. The summed E-state index contributed by atoms with van der Waals surface area (Å²) in [5.74, 6) is 0.0444. The zero-order valence-corrected chi connectivity index (χ0v) is 18.5. The molecule has 0 spiro atoms.